The lowest BCUT2D eigenvalue weighted by Gasteiger charge is -2.14. The zero-order valence-corrected chi connectivity index (χ0v) is 15.3. The molecule has 132 valence electrons. The van der Waals surface area contributed by atoms with E-state index >= 15 is 0 Å². The van der Waals surface area contributed by atoms with Crippen LogP contribution in [-0.2, 0) is 4.79 Å². The number of ether oxygens (including phenoxy) is 1. The lowest BCUT2D eigenvalue weighted by molar-refractivity contribution is -0.127. The van der Waals surface area contributed by atoms with E-state index in [-0.39, 0.29) is 5.91 Å². The van der Waals surface area contributed by atoms with Gasteiger partial charge in [-0.15, -0.1) is 0 Å². The van der Waals surface area contributed by atoms with E-state index in [0.717, 1.165) is 16.3 Å². The van der Waals surface area contributed by atoms with Crippen molar-refractivity contribution in [2.75, 3.05) is 0 Å². The third-order valence-corrected chi connectivity index (χ3v) is 4.25. The van der Waals surface area contributed by atoms with Gasteiger partial charge in [0.25, 0.3) is 5.91 Å². The number of benzene rings is 3. The molecule has 1 atom stereocenters. The maximum atomic E-state index is 12.2. The Kier molecular flexibility index (Phi) is 5.54. The molecule has 0 aliphatic carbocycles. The maximum absolute atomic E-state index is 12.2. The third kappa shape index (κ3) is 4.41. The Bertz CT molecular complexity index is 952. The molecule has 0 spiro atoms. The molecule has 0 saturated heterocycles. The molecule has 0 fully saturated rings. The van der Waals surface area contributed by atoms with Crippen molar-refractivity contribution in [2.45, 2.75) is 20.0 Å². The minimum Gasteiger partial charge on any atom is -0.481 e. The first-order chi connectivity index (χ1) is 12.5. The second-order valence-corrected chi connectivity index (χ2v) is 6.39. The summed E-state index contributed by atoms with van der Waals surface area (Å²) in [5.74, 6) is 0.330. The van der Waals surface area contributed by atoms with Crippen molar-refractivity contribution in [1.29, 1.82) is 0 Å². The van der Waals surface area contributed by atoms with Crippen LogP contribution >= 0.6 is 11.6 Å². The van der Waals surface area contributed by atoms with Crippen LogP contribution in [0.5, 0.6) is 5.75 Å². The van der Waals surface area contributed by atoms with Gasteiger partial charge in [-0.3, -0.25) is 4.79 Å². The molecule has 0 bridgehead atoms. The summed E-state index contributed by atoms with van der Waals surface area (Å²) in [5, 5.41) is 6.98. The van der Waals surface area contributed by atoms with Gasteiger partial charge in [0.05, 0.1) is 5.71 Å². The van der Waals surface area contributed by atoms with E-state index in [9.17, 15) is 4.79 Å². The molecule has 0 aliphatic heterocycles. The van der Waals surface area contributed by atoms with E-state index in [1.807, 2.05) is 61.5 Å². The molecule has 5 heteroatoms. The molecule has 1 amide bonds. The van der Waals surface area contributed by atoms with Gasteiger partial charge in [-0.25, -0.2) is 5.43 Å². The molecule has 3 aromatic carbocycles. The van der Waals surface area contributed by atoms with Gasteiger partial charge in [-0.2, -0.15) is 5.10 Å². The van der Waals surface area contributed by atoms with Crippen LogP contribution in [0.4, 0.5) is 0 Å². The SMILES string of the molecule is C/C(=N\NC(=O)[C@@H](C)Oc1ccc2ccccc2c1)c1ccc(Cl)cc1. The highest BCUT2D eigenvalue weighted by Crippen LogP contribution is 2.21. The second-order valence-electron chi connectivity index (χ2n) is 5.95. The lowest BCUT2D eigenvalue weighted by atomic mass is 10.1. The highest BCUT2D eigenvalue weighted by atomic mass is 35.5. The molecule has 0 saturated carbocycles. The highest BCUT2D eigenvalue weighted by Gasteiger charge is 2.14. The Hall–Kier alpha value is -2.85. The first kappa shape index (κ1) is 18.0. The maximum Gasteiger partial charge on any atom is 0.280 e. The summed E-state index contributed by atoms with van der Waals surface area (Å²) in [5.41, 5.74) is 4.12. The summed E-state index contributed by atoms with van der Waals surface area (Å²) >= 11 is 5.87. The Morgan fingerprint density at radius 3 is 2.46 bits per heavy atom. The zero-order valence-electron chi connectivity index (χ0n) is 14.6. The number of rotatable bonds is 5. The summed E-state index contributed by atoms with van der Waals surface area (Å²) in [6, 6.07) is 21.0. The minimum absolute atomic E-state index is 0.313. The van der Waals surface area contributed by atoms with E-state index in [4.69, 9.17) is 16.3 Å². The van der Waals surface area contributed by atoms with Crippen LogP contribution in [0.25, 0.3) is 10.8 Å². The van der Waals surface area contributed by atoms with Crippen LogP contribution in [0.15, 0.2) is 71.8 Å². The Morgan fingerprint density at radius 1 is 1.04 bits per heavy atom. The van der Waals surface area contributed by atoms with E-state index in [1.54, 1.807) is 19.1 Å². The van der Waals surface area contributed by atoms with Crippen molar-refractivity contribution in [3.63, 3.8) is 0 Å². The van der Waals surface area contributed by atoms with Crippen molar-refractivity contribution in [3.8, 4) is 5.75 Å². The topological polar surface area (TPSA) is 50.7 Å². The van der Waals surface area contributed by atoms with Gasteiger partial charge in [-0.05, 0) is 54.4 Å². The normalized spacial score (nSPS) is 12.7. The average Bonchev–Trinajstić information content (AvgIpc) is 2.66. The van der Waals surface area contributed by atoms with Crippen LogP contribution in [0, 0.1) is 0 Å². The summed E-state index contributed by atoms with van der Waals surface area (Å²) in [6.45, 7) is 3.51. The van der Waals surface area contributed by atoms with Crippen LogP contribution in [-0.4, -0.2) is 17.7 Å². The Balaban J connectivity index is 1.63. The number of nitrogens with one attached hydrogen (secondary N) is 1. The van der Waals surface area contributed by atoms with E-state index in [0.29, 0.717) is 16.5 Å². The summed E-state index contributed by atoms with van der Waals surface area (Å²) in [6.07, 6.45) is -0.669. The number of amides is 1. The van der Waals surface area contributed by atoms with Crippen molar-refractivity contribution in [2.24, 2.45) is 5.10 Å². The highest BCUT2D eigenvalue weighted by molar-refractivity contribution is 6.30. The van der Waals surface area contributed by atoms with Gasteiger partial charge in [-0.1, -0.05) is 54.1 Å². The molecular formula is C21H19ClN2O2. The minimum atomic E-state index is -0.669. The first-order valence-electron chi connectivity index (χ1n) is 8.28. The Labute approximate surface area is 157 Å². The molecule has 4 nitrogen and oxygen atoms in total. The summed E-state index contributed by atoms with van der Waals surface area (Å²) in [7, 11) is 0. The lowest BCUT2D eigenvalue weighted by Crippen LogP contribution is -2.33. The number of fused-ring (bicyclic) bond motifs is 1. The molecule has 3 rings (SSSR count). The smallest absolute Gasteiger partial charge is 0.280 e. The van der Waals surface area contributed by atoms with Gasteiger partial charge in [0.2, 0.25) is 0 Å². The van der Waals surface area contributed by atoms with Gasteiger partial charge in [0.1, 0.15) is 5.75 Å². The first-order valence-corrected chi connectivity index (χ1v) is 8.66. The predicted molar refractivity (Wildman–Crippen MR) is 106 cm³/mol. The van der Waals surface area contributed by atoms with Crippen LogP contribution in [0.2, 0.25) is 5.02 Å². The van der Waals surface area contributed by atoms with Gasteiger partial charge < -0.3 is 4.74 Å². The molecule has 3 aromatic rings. The molecule has 0 radical (unpaired) electrons. The number of nitrogens with zero attached hydrogens (tertiary/aromatic N) is 1. The molecule has 0 heterocycles. The van der Waals surface area contributed by atoms with E-state index in [2.05, 4.69) is 10.5 Å². The number of carbonyl (C=O) groups is 1. The molecule has 0 aromatic heterocycles. The fourth-order valence-electron chi connectivity index (χ4n) is 2.48. The monoisotopic (exact) mass is 366 g/mol. The van der Waals surface area contributed by atoms with Crippen molar-refractivity contribution in [3.05, 3.63) is 77.3 Å². The molecule has 1 N–H and O–H groups in total. The standard InChI is InChI=1S/C21H19ClN2O2/c1-14(16-7-10-19(22)11-8-16)23-24-21(25)15(2)26-20-12-9-17-5-3-4-6-18(17)13-20/h3-13,15H,1-2H3,(H,24,25)/b23-14+/t15-/m1/s1. The van der Waals surface area contributed by atoms with Gasteiger partial charge in [0, 0.05) is 5.02 Å². The Morgan fingerprint density at radius 2 is 1.73 bits per heavy atom. The third-order valence-electron chi connectivity index (χ3n) is 4.00. The zero-order chi connectivity index (χ0) is 18.5. The fraction of sp³-hybridized carbons (Fsp3) is 0.143. The number of carbonyl (C=O) groups excluding carboxylic acids is 1. The van der Waals surface area contributed by atoms with Crippen molar-refractivity contribution >= 4 is 34.0 Å². The summed E-state index contributed by atoms with van der Waals surface area (Å²) in [4.78, 5) is 12.2. The summed E-state index contributed by atoms with van der Waals surface area (Å²) < 4.78 is 5.74. The number of hydrazone groups is 1. The van der Waals surface area contributed by atoms with Crippen molar-refractivity contribution in [1.82, 2.24) is 5.43 Å². The fourth-order valence-corrected chi connectivity index (χ4v) is 2.61. The number of halogens is 1. The van der Waals surface area contributed by atoms with Crippen molar-refractivity contribution < 1.29 is 9.53 Å². The van der Waals surface area contributed by atoms with Crippen LogP contribution in [0.3, 0.4) is 0 Å². The predicted octanol–water partition coefficient (Wildman–Crippen LogP) is 4.80. The average molecular weight is 367 g/mol. The molecule has 26 heavy (non-hydrogen) atoms. The van der Waals surface area contributed by atoms with Gasteiger partial charge in [0.15, 0.2) is 6.10 Å². The largest absolute Gasteiger partial charge is 0.481 e. The van der Waals surface area contributed by atoms with E-state index in [1.165, 1.54) is 0 Å². The number of hydrogen-bond donors (Lipinski definition) is 1. The van der Waals surface area contributed by atoms with E-state index < -0.39 is 6.10 Å². The van der Waals surface area contributed by atoms with Crippen LogP contribution in [0.1, 0.15) is 19.4 Å². The second kappa shape index (κ2) is 8.02. The van der Waals surface area contributed by atoms with Gasteiger partial charge >= 0.3 is 0 Å². The number of hydrogen-bond acceptors (Lipinski definition) is 3. The molecular weight excluding hydrogens is 348 g/mol. The van der Waals surface area contributed by atoms with Crippen LogP contribution < -0.4 is 10.2 Å². The molecule has 0 aliphatic rings. The quantitative estimate of drug-likeness (QED) is 0.520. The molecule has 0 unspecified atom stereocenters.